The minimum Gasteiger partial charge on any atom is -0.508 e. The van der Waals surface area contributed by atoms with Crippen LogP contribution in [0.2, 0.25) is 0 Å². The molecule has 9 nitrogen and oxygen atoms in total. The lowest BCUT2D eigenvalue weighted by Gasteiger charge is -2.34. The molecule has 0 spiro atoms. The van der Waals surface area contributed by atoms with Crippen LogP contribution in [-0.4, -0.2) is 39.9 Å². The summed E-state index contributed by atoms with van der Waals surface area (Å²) < 4.78 is 14.0. The molecule has 1 aromatic heterocycles. The summed E-state index contributed by atoms with van der Waals surface area (Å²) in [6.45, 7) is 2.81. The lowest BCUT2D eigenvalue weighted by molar-refractivity contribution is -0.134. The predicted octanol–water partition coefficient (Wildman–Crippen LogP) is 8.19. The Labute approximate surface area is 327 Å². The predicted molar refractivity (Wildman–Crippen MR) is 217 cm³/mol. The van der Waals surface area contributed by atoms with Gasteiger partial charge in [0.2, 0.25) is 11.8 Å². The minimum absolute atomic E-state index is 0.227. The average molecular weight is 749 g/mol. The van der Waals surface area contributed by atoms with Crippen LogP contribution in [0.3, 0.4) is 0 Å². The van der Waals surface area contributed by atoms with Gasteiger partial charge in [-0.2, -0.15) is 5.10 Å². The van der Waals surface area contributed by atoms with E-state index in [4.69, 9.17) is 9.47 Å². The van der Waals surface area contributed by atoms with Crippen molar-refractivity contribution in [3.63, 3.8) is 0 Å². The molecule has 0 radical (unpaired) electrons. The standard InChI is InChI=1S/C47H48N4O5/c1-51-43-28-38(19-22-41(43)46(50-51)42-23-24-44(53)49-47(42)54)56-30-32-11-9-31(10-12-32)29-48-25-5-6-26-55-37-17-13-34(14-18-37)45-39(33-7-3-2-4-8-33)20-15-35-27-36(52)16-21-40(35)45/h2-4,7-14,16-19,21-22,27-28,39,42,45,48,52H,5-6,15,20,23-26,29-30H2,1H3,(H,49,53,54)/t39-,42?,45+/m0/s1. The van der Waals surface area contributed by atoms with E-state index in [-0.39, 0.29) is 17.7 Å². The maximum absolute atomic E-state index is 12.5. The molecule has 5 aromatic carbocycles. The second-order valence-electron chi connectivity index (χ2n) is 15.0. The number of nitrogens with zero attached hydrogens (tertiary/aromatic N) is 2. The third-order valence-electron chi connectivity index (χ3n) is 11.3. The van der Waals surface area contributed by atoms with E-state index < -0.39 is 5.92 Å². The van der Waals surface area contributed by atoms with Crippen LogP contribution in [0.5, 0.6) is 17.2 Å². The molecule has 1 fully saturated rings. The van der Waals surface area contributed by atoms with Crippen LogP contribution in [0.25, 0.3) is 10.9 Å². The van der Waals surface area contributed by atoms with Crippen molar-refractivity contribution in [2.45, 2.75) is 69.4 Å². The van der Waals surface area contributed by atoms with Crippen LogP contribution in [-0.2, 0) is 36.2 Å². The first-order chi connectivity index (χ1) is 27.4. The number of unbranched alkanes of at least 4 members (excludes halogenated alkanes) is 1. The molecule has 1 aliphatic carbocycles. The number of fused-ring (bicyclic) bond motifs is 2. The number of benzene rings is 5. The molecule has 2 aliphatic rings. The summed E-state index contributed by atoms with van der Waals surface area (Å²) in [7, 11) is 1.86. The number of hydrogen-bond acceptors (Lipinski definition) is 7. The molecule has 3 N–H and O–H groups in total. The van der Waals surface area contributed by atoms with Gasteiger partial charge in [0.05, 0.1) is 23.7 Å². The van der Waals surface area contributed by atoms with E-state index in [0.717, 1.165) is 66.7 Å². The van der Waals surface area contributed by atoms with Gasteiger partial charge >= 0.3 is 0 Å². The number of aromatic hydroxyl groups is 1. The number of hydrogen-bond donors (Lipinski definition) is 3. The summed E-state index contributed by atoms with van der Waals surface area (Å²) in [4.78, 5) is 24.1. The fourth-order valence-electron chi connectivity index (χ4n) is 8.31. The Bertz CT molecular complexity index is 2300. The second-order valence-corrected chi connectivity index (χ2v) is 15.0. The van der Waals surface area contributed by atoms with E-state index in [1.54, 1.807) is 4.68 Å². The monoisotopic (exact) mass is 748 g/mol. The van der Waals surface area contributed by atoms with Crippen LogP contribution in [0, 0.1) is 0 Å². The maximum atomic E-state index is 12.5. The first-order valence-corrected chi connectivity index (χ1v) is 19.7. The van der Waals surface area contributed by atoms with Crippen LogP contribution in [0.1, 0.15) is 88.9 Å². The molecule has 9 heteroatoms. The molecule has 286 valence electrons. The Balaban J connectivity index is 0.765. The zero-order chi connectivity index (χ0) is 38.4. The lowest BCUT2D eigenvalue weighted by Crippen LogP contribution is -2.39. The Morgan fingerprint density at radius 2 is 1.59 bits per heavy atom. The fourth-order valence-corrected chi connectivity index (χ4v) is 8.31. The maximum Gasteiger partial charge on any atom is 0.235 e. The SMILES string of the molecule is Cn1nc(C2CCC(=O)NC2=O)c2ccc(OCc3ccc(CNCCCCOc4ccc([C@H]5c6ccc(O)cc6CC[C@H]5c5ccccc5)cc4)cc3)cc21. The molecule has 2 heterocycles. The van der Waals surface area contributed by atoms with Crippen molar-refractivity contribution in [2.75, 3.05) is 13.2 Å². The molecule has 1 aliphatic heterocycles. The second kappa shape index (κ2) is 16.8. The number of aromatic nitrogens is 2. The molecule has 3 atom stereocenters. The number of rotatable bonds is 14. The van der Waals surface area contributed by atoms with Gasteiger partial charge in [-0.3, -0.25) is 19.6 Å². The van der Waals surface area contributed by atoms with Crippen LogP contribution in [0.15, 0.2) is 115 Å². The van der Waals surface area contributed by atoms with E-state index in [1.807, 2.05) is 37.4 Å². The Morgan fingerprint density at radius 3 is 2.39 bits per heavy atom. The van der Waals surface area contributed by atoms with Crippen molar-refractivity contribution in [3.8, 4) is 17.2 Å². The van der Waals surface area contributed by atoms with Gasteiger partial charge in [0.15, 0.2) is 0 Å². The van der Waals surface area contributed by atoms with E-state index in [2.05, 4.69) is 101 Å². The van der Waals surface area contributed by atoms with Crippen molar-refractivity contribution in [1.29, 1.82) is 0 Å². The molecular weight excluding hydrogens is 701 g/mol. The van der Waals surface area contributed by atoms with Crippen LogP contribution in [0.4, 0.5) is 0 Å². The normalized spacial score (nSPS) is 18.1. The molecular formula is C47H48N4O5. The Hall–Kier alpha value is -5.93. The van der Waals surface area contributed by atoms with Gasteiger partial charge in [0.25, 0.3) is 0 Å². The fraction of sp³-hybridized carbons (Fsp3) is 0.298. The van der Waals surface area contributed by atoms with Gasteiger partial charge in [-0.15, -0.1) is 0 Å². The van der Waals surface area contributed by atoms with Crippen molar-refractivity contribution >= 4 is 22.7 Å². The number of ether oxygens (including phenoxy) is 2. The number of phenolic OH excluding ortho intramolecular Hbond substituents is 1. The first kappa shape index (κ1) is 37.0. The van der Waals surface area contributed by atoms with E-state index >= 15 is 0 Å². The van der Waals surface area contributed by atoms with Crippen LogP contribution < -0.4 is 20.1 Å². The third kappa shape index (κ3) is 8.33. The van der Waals surface area contributed by atoms with E-state index in [9.17, 15) is 14.7 Å². The Morgan fingerprint density at radius 1 is 0.804 bits per heavy atom. The molecule has 1 unspecified atom stereocenters. The number of aryl methyl sites for hydroxylation is 2. The summed E-state index contributed by atoms with van der Waals surface area (Å²) in [6.07, 6.45) is 4.77. The zero-order valence-electron chi connectivity index (χ0n) is 31.7. The van der Waals surface area contributed by atoms with Gasteiger partial charge in [0, 0.05) is 37.4 Å². The number of carbonyl (C=O) groups is 2. The molecule has 2 amide bonds. The minimum atomic E-state index is -0.431. The van der Waals surface area contributed by atoms with Crippen molar-refractivity contribution in [3.05, 3.63) is 154 Å². The number of amides is 2. The van der Waals surface area contributed by atoms with Crippen LogP contribution >= 0.6 is 0 Å². The number of nitrogens with one attached hydrogen (secondary N) is 2. The molecule has 0 bridgehead atoms. The lowest BCUT2D eigenvalue weighted by atomic mass is 9.69. The molecule has 6 aromatic rings. The summed E-state index contributed by atoms with van der Waals surface area (Å²) in [5, 5.41) is 21.6. The van der Waals surface area contributed by atoms with Gasteiger partial charge in [-0.25, -0.2) is 0 Å². The smallest absolute Gasteiger partial charge is 0.235 e. The summed E-state index contributed by atoms with van der Waals surface area (Å²) in [5.41, 5.74) is 9.04. The summed E-state index contributed by atoms with van der Waals surface area (Å²) >= 11 is 0. The number of carbonyl (C=O) groups excluding carboxylic acids is 2. The highest BCUT2D eigenvalue weighted by molar-refractivity contribution is 6.02. The van der Waals surface area contributed by atoms with Gasteiger partial charge in [-0.05, 0) is 114 Å². The molecule has 56 heavy (non-hydrogen) atoms. The van der Waals surface area contributed by atoms with Crippen molar-refractivity contribution in [1.82, 2.24) is 20.4 Å². The third-order valence-corrected chi connectivity index (χ3v) is 11.3. The average Bonchev–Trinajstić information content (AvgIpc) is 3.55. The highest BCUT2D eigenvalue weighted by atomic mass is 16.5. The topological polar surface area (TPSA) is 115 Å². The highest BCUT2D eigenvalue weighted by Gasteiger charge is 2.33. The Kier molecular flexibility index (Phi) is 11.1. The van der Waals surface area contributed by atoms with Gasteiger partial charge < -0.3 is 19.9 Å². The van der Waals surface area contributed by atoms with Gasteiger partial charge in [-0.1, -0.05) is 72.8 Å². The largest absolute Gasteiger partial charge is 0.508 e. The van der Waals surface area contributed by atoms with Crippen molar-refractivity contribution in [2.24, 2.45) is 7.05 Å². The quantitative estimate of drug-likeness (QED) is 0.0761. The van der Waals surface area contributed by atoms with Crippen molar-refractivity contribution < 1.29 is 24.2 Å². The highest BCUT2D eigenvalue weighted by Crippen LogP contribution is 2.47. The van der Waals surface area contributed by atoms with E-state index in [0.29, 0.717) is 43.4 Å². The molecule has 1 saturated heterocycles. The van der Waals surface area contributed by atoms with Gasteiger partial charge in [0.1, 0.15) is 23.9 Å². The first-order valence-electron chi connectivity index (χ1n) is 19.7. The number of imide groups is 1. The molecule has 0 saturated carbocycles. The number of piperidine rings is 1. The van der Waals surface area contributed by atoms with E-state index in [1.165, 1.54) is 27.8 Å². The molecule has 8 rings (SSSR count). The number of phenols is 1. The summed E-state index contributed by atoms with van der Waals surface area (Å²) in [5.74, 6) is 1.61. The zero-order valence-corrected chi connectivity index (χ0v) is 31.7. The summed E-state index contributed by atoms with van der Waals surface area (Å²) in [6, 6.07) is 39.5.